The lowest BCUT2D eigenvalue weighted by atomic mass is 9.85. The Morgan fingerprint density at radius 1 is 0.806 bits per heavy atom. The number of piperazine rings is 1. The molecule has 4 amide bonds. The first kappa shape index (κ1) is 53.7. The number of likely N-dealkylation sites (tertiary alicyclic amines) is 1. The van der Waals surface area contributed by atoms with Crippen molar-refractivity contribution in [1.82, 2.24) is 35.6 Å². The van der Waals surface area contributed by atoms with Crippen LogP contribution in [0.15, 0.2) is 109 Å². The maximum Gasteiger partial charge on any atom is 0.246 e. The Labute approximate surface area is 432 Å². The van der Waals surface area contributed by atoms with Gasteiger partial charge >= 0.3 is 0 Å². The Morgan fingerprint density at radius 3 is 2.03 bits per heavy atom. The summed E-state index contributed by atoms with van der Waals surface area (Å²) in [6.07, 6.45) is 0.477. The summed E-state index contributed by atoms with van der Waals surface area (Å²) in [5, 5.41) is 29.5. The minimum atomic E-state index is -0.899. The number of benzene rings is 4. The molecule has 0 saturated carbocycles. The predicted molar refractivity (Wildman–Crippen MR) is 285 cm³/mol. The molecule has 16 heteroatoms. The first-order chi connectivity index (χ1) is 34.7. The number of carbonyl (C=O) groups excluding carboxylic acids is 4. The van der Waals surface area contributed by atoms with Crippen molar-refractivity contribution in [1.29, 1.82) is 0 Å². The molecule has 3 heterocycles. The highest BCUT2D eigenvalue weighted by Gasteiger charge is 2.44. The van der Waals surface area contributed by atoms with Gasteiger partial charge in [0, 0.05) is 77.5 Å². The molecule has 1 aromatic heterocycles. The molecule has 2 fully saturated rings. The number of rotatable bonds is 21. The fourth-order valence-corrected chi connectivity index (χ4v) is 10.2. The molecule has 0 spiro atoms. The van der Waals surface area contributed by atoms with Crippen molar-refractivity contribution in [2.75, 3.05) is 64.8 Å². The monoisotopic (exact) mass is 1020 g/mol. The molecule has 7 rings (SSSR count). The highest BCUT2D eigenvalue weighted by molar-refractivity contribution is 7.13. The van der Waals surface area contributed by atoms with E-state index >= 15 is 0 Å². The summed E-state index contributed by atoms with van der Waals surface area (Å²) in [5.41, 5.74) is 9.26. The van der Waals surface area contributed by atoms with Gasteiger partial charge in [0.15, 0.2) is 0 Å². The van der Waals surface area contributed by atoms with Crippen LogP contribution < -0.4 is 20.7 Å². The van der Waals surface area contributed by atoms with E-state index in [-0.39, 0.29) is 55.3 Å². The van der Waals surface area contributed by atoms with Gasteiger partial charge in [-0.1, -0.05) is 99.6 Å². The van der Waals surface area contributed by atoms with Crippen molar-refractivity contribution in [3.8, 4) is 21.9 Å². The molecule has 0 radical (unpaired) electrons. The number of phenols is 1. The molecule has 5 aromatic rings. The Bertz CT molecular complexity index is 2610. The summed E-state index contributed by atoms with van der Waals surface area (Å²) in [6, 6.07) is 31.4. The van der Waals surface area contributed by atoms with Crippen LogP contribution in [0.2, 0.25) is 0 Å². The number of allylic oxidation sites excluding steroid dienone is 1. The van der Waals surface area contributed by atoms with E-state index in [1.165, 1.54) is 4.90 Å². The normalized spacial score (nSPS) is 17.2. The first-order valence-corrected chi connectivity index (χ1v) is 26.2. The van der Waals surface area contributed by atoms with Gasteiger partial charge in [-0.2, -0.15) is 0 Å². The van der Waals surface area contributed by atoms with Gasteiger partial charge in [0.2, 0.25) is 23.6 Å². The lowest BCUT2D eigenvalue weighted by Crippen LogP contribution is -2.58. The summed E-state index contributed by atoms with van der Waals surface area (Å²) in [7, 11) is 0. The van der Waals surface area contributed by atoms with Crippen LogP contribution in [0.25, 0.3) is 21.6 Å². The van der Waals surface area contributed by atoms with Crippen molar-refractivity contribution in [3.05, 3.63) is 137 Å². The van der Waals surface area contributed by atoms with E-state index in [0.29, 0.717) is 50.7 Å². The van der Waals surface area contributed by atoms with Crippen LogP contribution >= 0.6 is 22.9 Å². The zero-order valence-electron chi connectivity index (χ0n) is 41.7. The van der Waals surface area contributed by atoms with Gasteiger partial charge < -0.3 is 45.6 Å². The number of amides is 4. The number of aliphatic hydroxyl groups excluding tert-OH is 1. The van der Waals surface area contributed by atoms with Crippen LogP contribution in [-0.2, 0) is 25.7 Å². The topological polar surface area (TPSA) is 177 Å². The minimum Gasteiger partial charge on any atom is -0.508 e. The molecule has 2 aliphatic heterocycles. The molecule has 2 saturated heterocycles. The predicted octanol–water partition coefficient (Wildman–Crippen LogP) is 7.11. The third kappa shape index (κ3) is 14.8. The number of β-amino-alcohol motifs (C(OH)–C–C–N with tert-alkyl or cyclic N) is 1. The number of aliphatic hydroxyl groups is 1. The highest BCUT2D eigenvalue weighted by atomic mass is 35.5. The van der Waals surface area contributed by atoms with Crippen molar-refractivity contribution < 1.29 is 34.1 Å². The van der Waals surface area contributed by atoms with Gasteiger partial charge in [0.1, 0.15) is 30.2 Å². The Kier molecular flexibility index (Phi) is 19.0. The molecule has 4 aromatic carbocycles. The second kappa shape index (κ2) is 25.5. The number of aryl methyl sites for hydroxylation is 1. The Morgan fingerprint density at radius 2 is 1.43 bits per heavy atom. The lowest BCUT2D eigenvalue weighted by molar-refractivity contribution is -0.144. The van der Waals surface area contributed by atoms with E-state index in [0.717, 1.165) is 75.7 Å². The summed E-state index contributed by atoms with van der Waals surface area (Å²) >= 11 is 7.89. The molecule has 0 aliphatic carbocycles. The third-order valence-corrected chi connectivity index (χ3v) is 14.4. The van der Waals surface area contributed by atoms with Crippen LogP contribution in [0, 0.1) is 12.3 Å². The maximum atomic E-state index is 14.1. The molecule has 3 atom stereocenters. The van der Waals surface area contributed by atoms with Crippen LogP contribution in [0.5, 0.6) is 11.5 Å². The van der Waals surface area contributed by atoms with Crippen molar-refractivity contribution in [2.24, 2.45) is 5.41 Å². The SMILES string of the molecule is Cc1ncsc1-c1ccc(CNC(=O)C2CC(O)CN2C(=O)C(NC(=O)CCN2CCN(CCC(=O)NCCOc3ccc(C(=C(CCCl)c4ccccc4)c4ccc(O)cc4)cc3)CC2)C(C)(C)C)cc1. The Balaban J connectivity index is 0.806. The number of thiazole rings is 1. The average molecular weight is 1020 g/mol. The van der Waals surface area contributed by atoms with Crippen LogP contribution in [0.1, 0.15) is 74.4 Å². The average Bonchev–Trinajstić information content (AvgIpc) is 4.00. The third-order valence-electron chi connectivity index (χ3n) is 13.2. The number of phenolic OH excluding ortho intramolecular Hbond substituents is 1. The molecular formula is C56H68ClN7O7S. The number of nitrogens with zero attached hydrogens (tertiary/aromatic N) is 4. The van der Waals surface area contributed by atoms with Crippen LogP contribution in [0.3, 0.4) is 0 Å². The largest absolute Gasteiger partial charge is 0.508 e. The maximum absolute atomic E-state index is 14.1. The van der Waals surface area contributed by atoms with Crippen LogP contribution in [0.4, 0.5) is 0 Å². The number of aromatic nitrogens is 1. The smallest absolute Gasteiger partial charge is 0.246 e. The van der Waals surface area contributed by atoms with Gasteiger partial charge in [0.25, 0.3) is 0 Å². The van der Waals surface area contributed by atoms with E-state index < -0.39 is 23.6 Å². The quantitative estimate of drug-likeness (QED) is 0.0289. The molecule has 5 N–H and O–H groups in total. The summed E-state index contributed by atoms with van der Waals surface area (Å²) in [5.74, 6) is 0.294. The van der Waals surface area contributed by atoms with E-state index in [4.69, 9.17) is 16.3 Å². The molecule has 72 heavy (non-hydrogen) atoms. The van der Waals surface area contributed by atoms with Crippen molar-refractivity contribution in [3.63, 3.8) is 0 Å². The van der Waals surface area contributed by atoms with E-state index in [1.807, 2.05) is 112 Å². The molecular weight excluding hydrogens is 950 g/mol. The number of aromatic hydroxyl groups is 1. The summed E-state index contributed by atoms with van der Waals surface area (Å²) in [4.78, 5) is 65.1. The van der Waals surface area contributed by atoms with Crippen molar-refractivity contribution >= 4 is 57.7 Å². The van der Waals surface area contributed by atoms with Gasteiger partial charge in [-0.3, -0.25) is 19.2 Å². The number of carbonyl (C=O) groups is 4. The Hall–Kier alpha value is -6.10. The summed E-state index contributed by atoms with van der Waals surface area (Å²) < 4.78 is 6.00. The van der Waals surface area contributed by atoms with Gasteiger partial charge in [0.05, 0.1) is 28.7 Å². The minimum absolute atomic E-state index is 0.00926. The fraction of sp³-hybridized carbons (Fsp3) is 0.411. The number of hydrogen-bond acceptors (Lipinski definition) is 11. The second-order valence-electron chi connectivity index (χ2n) is 19.6. The fourth-order valence-electron chi connectivity index (χ4n) is 9.23. The van der Waals surface area contributed by atoms with E-state index in [9.17, 15) is 29.4 Å². The number of ether oxygens (including phenoxy) is 1. The standard InChI is InChI=1S/C56H68ClN7O7S/c1-38-52(72-37-60-38)43-12-10-39(11-13-43)35-59-54(69)48-34-45(66)36-64(48)55(70)53(56(2,3)4)61-50(68)24-28-63-31-29-62(30-32-63)27-23-49(67)58-26-33-71-46-20-16-42(17-21-46)51(41-14-18-44(65)19-15-41)47(22-25-57)40-8-6-5-7-9-40/h5-21,37,45,48,53,65-66H,22-36H2,1-4H3,(H,58,67)(H,59,69)(H,61,68). The van der Waals surface area contributed by atoms with E-state index in [2.05, 4.69) is 42.9 Å². The summed E-state index contributed by atoms with van der Waals surface area (Å²) in [6.45, 7) is 12.7. The zero-order chi connectivity index (χ0) is 51.2. The first-order valence-electron chi connectivity index (χ1n) is 24.8. The highest BCUT2D eigenvalue weighted by Crippen LogP contribution is 2.36. The molecule has 14 nitrogen and oxygen atoms in total. The molecule has 2 aliphatic rings. The van der Waals surface area contributed by atoms with Crippen LogP contribution in [-0.4, -0.2) is 137 Å². The molecule has 382 valence electrons. The van der Waals surface area contributed by atoms with Gasteiger partial charge in [-0.05, 0) is 82.0 Å². The molecule has 0 bridgehead atoms. The lowest BCUT2D eigenvalue weighted by Gasteiger charge is -2.36. The number of nitrogens with one attached hydrogen (secondary N) is 3. The van der Waals surface area contributed by atoms with E-state index in [1.54, 1.807) is 23.5 Å². The van der Waals surface area contributed by atoms with Gasteiger partial charge in [-0.25, -0.2) is 4.98 Å². The molecule has 3 unspecified atom stereocenters. The zero-order valence-corrected chi connectivity index (χ0v) is 43.3. The van der Waals surface area contributed by atoms with Crippen molar-refractivity contribution in [2.45, 2.75) is 78.1 Å². The van der Waals surface area contributed by atoms with Gasteiger partial charge in [-0.15, -0.1) is 22.9 Å². The second-order valence-corrected chi connectivity index (χ2v) is 20.8. The number of alkyl halides is 1. The number of halogens is 1. The number of hydrogen-bond donors (Lipinski definition) is 5.